The molecule has 12 heteroatoms. The van der Waals surface area contributed by atoms with Crippen molar-refractivity contribution in [2.45, 2.75) is 12.9 Å². The number of ether oxygens (including phenoxy) is 2. The first-order valence-electron chi connectivity index (χ1n) is 7.81. The zero-order valence-electron chi connectivity index (χ0n) is 14.4. The summed E-state index contributed by atoms with van der Waals surface area (Å²) in [7, 11) is 0. The van der Waals surface area contributed by atoms with Gasteiger partial charge in [0.1, 0.15) is 16.5 Å². The van der Waals surface area contributed by atoms with E-state index in [4.69, 9.17) is 22.1 Å². The maximum atomic E-state index is 12.5. The molecule has 0 aromatic heterocycles. The largest absolute Gasteiger partial charge is 0.573 e. The molecule has 0 aliphatic rings. The lowest BCUT2D eigenvalue weighted by atomic mass is 10.1. The molecular formula is C17H13F3N2O6S. The van der Waals surface area contributed by atoms with Crippen LogP contribution in [-0.2, 0) is 11.3 Å². The van der Waals surface area contributed by atoms with E-state index in [0.29, 0.717) is 5.56 Å². The van der Waals surface area contributed by atoms with Crippen molar-refractivity contribution in [2.75, 3.05) is 6.61 Å². The smallest absolute Gasteiger partial charge is 0.481 e. The van der Waals surface area contributed by atoms with Crippen LogP contribution in [0.25, 0.3) is 0 Å². The van der Waals surface area contributed by atoms with Crippen LogP contribution in [0.3, 0.4) is 0 Å². The van der Waals surface area contributed by atoms with Gasteiger partial charge in [0.05, 0.1) is 10.5 Å². The number of nitro groups is 1. The van der Waals surface area contributed by atoms with E-state index in [1.165, 1.54) is 18.2 Å². The number of nitrogens with one attached hydrogen (secondary N) is 1. The van der Waals surface area contributed by atoms with Crippen LogP contribution >= 0.6 is 12.2 Å². The van der Waals surface area contributed by atoms with E-state index in [9.17, 15) is 28.1 Å². The maximum absolute atomic E-state index is 12.5. The minimum Gasteiger partial charge on any atom is -0.481 e. The summed E-state index contributed by atoms with van der Waals surface area (Å²) in [5.74, 6) is -1.94. The minimum absolute atomic E-state index is 0.0310. The molecular weight excluding hydrogens is 417 g/mol. The standard InChI is InChI=1S/C17H13F3N2O6S/c18-17(19,20)28-12-4-5-14(27-9-15(23)24)13(7-12)16(29)21-8-10-2-1-3-11(6-10)22(25)26/h1-7H,8-9H2,(H,21,29)(H,23,24). The number of rotatable bonds is 8. The van der Waals surface area contributed by atoms with Crippen molar-refractivity contribution in [3.63, 3.8) is 0 Å². The number of hydrogen-bond acceptors (Lipinski definition) is 6. The second-order valence-electron chi connectivity index (χ2n) is 5.50. The SMILES string of the molecule is O=C(O)COc1ccc(OC(F)(F)F)cc1C(=S)NCc1cccc([N+](=O)[O-])c1. The molecule has 2 rings (SSSR count). The van der Waals surface area contributed by atoms with Crippen LogP contribution in [0.5, 0.6) is 11.5 Å². The van der Waals surface area contributed by atoms with Gasteiger partial charge in [-0.15, -0.1) is 13.2 Å². The first-order chi connectivity index (χ1) is 13.5. The van der Waals surface area contributed by atoms with Crippen molar-refractivity contribution in [1.82, 2.24) is 5.32 Å². The van der Waals surface area contributed by atoms with Crippen molar-refractivity contribution in [3.05, 3.63) is 63.7 Å². The van der Waals surface area contributed by atoms with Gasteiger partial charge < -0.3 is 19.9 Å². The summed E-state index contributed by atoms with van der Waals surface area (Å²) in [5.41, 5.74) is 0.326. The number of hydrogen-bond donors (Lipinski definition) is 2. The Morgan fingerprint density at radius 3 is 2.59 bits per heavy atom. The Hall–Kier alpha value is -3.41. The number of benzene rings is 2. The predicted octanol–water partition coefficient (Wildman–Crippen LogP) is 3.42. The molecule has 2 aromatic rings. The highest BCUT2D eigenvalue weighted by Gasteiger charge is 2.31. The van der Waals surface area contributed by atoms with Crippen molar-refractivity contribution >= 4 is 28.9 Å². The number of alkyl halides is 3. The van der Waals surface area contributed by atoms with E-state index >= 15 is 0 Å². The average Bonchev–Trinajstić information content (AvgIpc) is 2.63. The number of halogens is 3. The van der Waals surface area contributed by atoms with Crippen LogP contribution in [0.4, 0.5) is 18.9 Å². The molecule has 0 heterocycles. The van der Waals surface area contributed by atoms with Gasteiger partial charge in [0.15, 0.2) is 6.61 Å². The van der Waals surface area contributed by atoms with Crippen molar-refractivity contribution in [3.8, 4) is 11.5 Å². The van der Waals surface area contributed by atoms with E-state index in [1.54, 1.807) is 6.07 Å². The molecule has 154 valence electrons. The van der Waals surface area contributed by atoms with E-state index in [-0.39, 0.29) is 28.5 Å². The summed E-state index contributed by atoms with van der Waals surface area (Å²) in [6, 6.07) is 8.68. The highest BCUT2D eigenvalue weighted by atomic mass is 32.1. The Morgan fingerprint density at radius 2 is 1.97 bits per heavy atom. The monoisotopic (exact) mass is 430 g/mol. The Bertz CT molecular complexity index is 936. The van der Waals surface area contributed by atoms with Crippen molar-refractivity contribution in [2.24, 2.45) is 0 Å². The summed E-state index contributed by atoms with van der Waals surface area (Å²) in [6.45, 7) is -0.705. The van der Waals surface area contributed by atoms with Crippen LogP contribution in [0.1, 0.15) is 11.1 Å². The van der Waals surface area contributed by atoms with Crippen LogP contribution < -0.4 is 14.8 Å². The zero-order chi connectivity index (χ0) is 21.6. The topological polar surface area (TPSA) is 111 Å². The minimum atomic E-state index is -4.93. The summed E-state index contributed by atoms with van der Waals surface area (Å²) in [6.07, 6.45) is -4.93. The molecule has 0 fully saturated rings. The number of nitro benzene ring substituents is 1. The Kier molecular flexibility index (Phi) is 6.93. The molecule has 0 unspecified atom stereocenters. The fourth-order valence-corrected chi connectivity index (χ4v) is 2.44. The predicted molar refractivity (Wildman–Crippen MR) is 97.9 cm³/mol. The number of aliphatic carboxylic acids is 1. The molecule has 0 aliphatic heterocycles. The molecule has 0 spiro atoms. The van der Waals surface area contributed by atoms with E-state index in [0.717, 1.165) is 18.2 Å². The lowest BCUT2D eigenvalue weighted by Gasteiger charge is -2.15. The Morgan fingerprint density at radius 1 is 1.24 bits per heavy atom. The zero-order valence-corrected chi connectivity index (χ0v) is 15.2. The van der Waals surface area contributed by atoms with E-state index < -0.39 is 29.6 Å². The molecule has 0 bridgehead atoms. The number of carboxylic acid groups (broad SMARTS) is 1. The van der Waals surface area contributed by atoms with Gasteiger partial charge in [-0.25, -0.2) is 4.79 Å². The second kappa shape index (κ2) is 9.19. The van der Waals surface area contributed by atoms with Crippen LogP contribution in [0, 0.1) is 10.1 Å². The number of nitrogens with zero attached hydrogens (tertiary/aromatic N) is 1. The van der Waals surface area contributed by atoms with Gasteiger partial charge in [-0.05, 0) is 23.8 Å². The Balaban J connectivity index is 2.22. The van der Waals surface area contributed by atoms with Crippen molar-refractivity contribution < 1.29 is 37.5 Å². The second-order valence-corrected chi connectivity index (χ2v) is 5.91. The molecule has 2 N–H and O–H groups in total. The van der Waals surface area contributed by atoms with Crippen molar-refractivity contribution in [1.29, 1.82) is 0 Å². The number of thiocarbonyl (C=S) groups is 1. The third-order valence-corrected chi connectivity index (χ3v) is 3.72. The lowest BCUT2D eigenvalue weighted by molar-refractivity contribution is -0.384. The van der Waals surface area contributed by atoms with Gasteiger partial charge in [-0.3, -0.25) is 10.1 Å². The molecule has 29 heavy (non-hydrogen) atoms. The molecule has 8 nitrogen and oxygen atoms in total. The third kappa shape index (κ3) is 6.92. The molecule has 0 aliphatic carbocycles. The van der Waals surface area contributed by atoms with Gasteiger partial charge in [0, 0.05) is 18.7 Å². The van der Waals surface area contributed by atoms with E-state index in [2.05, 4.69) is 10.1 Å². The fourth-order valence-electron chi connectivity index (χ4n) is 2.21. The van der Waals surface area contributed by atoms with Gasteiger partial charge >= 0.3 is 12.3 Å². The average molecular weight is 430 g/mol. The molecule has 0 saturated heterocycles. The first kappa shape index (κ1) is 21.9. The van der Waals surface area contributed by atoms with Gasteiger partial charge in [0.25, 0.3) is 5.69 Å². The normalized spacial score (nSPS) is 10.9. The fraction of sp³-hybridized carbons (Fsp3) is 0.176. The third-order valence-electron chi connectivity index (χ3n) is 3.35. The summed E-state index contributed by atoms with van der Waals surface area (Å²) >= 11 is 5.16. The number of carboxylic acids is 1. The Labute approximate surface area is 167 Å². The van der Waals surface area contributed by atoms with Crippen LogP contribution in [0.2, 0.25) is 0 Å². The first-order valence-corrected chi connectivity index (χ1v) is 8.22. The number of carbonyl (C=O) groups is 1. The molecule has 0 atom stereocenters. The molecule has 0 radical (unpaired) electrons. The van der Waals surface area contributed by atoms with Crippen LogP contribution in [0.15, 0.2) is 42.5 Å². The van der Waals surface area contributed by atoms with Gasteiger partial charge in [-0.2, -0.15) is 0 Å². The molecule has 0 saturated carbocycles. The number of non-ortho nitro benzene ring substituents is 1. The maximum Gasteiger partial charge on any atom is 0.573 e. The van der Waals surface area contributed by atoms with Gasteiger partial charge in [-0.1, -0.05) is 24.4 Å². The summed E-state index contributed by atoms with van der Waals surface area (Å²) in [4.78, 5) is 20.9. The van der Waals surface area contributed by atoms with Crippen LogP contribution in [-0.4, -0.2) is 34.0 Å². The summed E-state index contributed by atoms with van der Waals surface area (Å²) in [5, 5.41) is 22.3. The molecule has 2 aromatic carbocycles. The van der Waals surface area contributed by atoms with Gasteiger partial charge in [0.2, 0.25) is 0 Å². The highest BCUT2D eigenvalue weighted by Crippen LogP contribution is 2.29. The van der Waals surface area contributed by atoms with E-state index in [1.807, 2.05) is 0 Å². The lowest BCUT2D eigenvalue weighted by Crippen LogP contribution is -2.24. The summed E-state index contributed by atoms with van der Waals surface area (Å²) < 4.78 is 46.3. The highest BCUT2D eigenvalue weighted by molar-refractivity contribution is 7.80. The molecule has 0 amide bonds. The quantitative estimate of drug-likeness (QED) is 0.372.